The van der Waals surface area contributed by atoms with Crippen LogP contribution in [0.4, 0.5) is 31.7 Å². The van der Waals surface area contributed by atoms with Crippen molar-refractivity contribution in [1.82, 2.24) is 25.3 Å². The summed E-state index contributed by atoms with van der Waals surface area (Å²) in [4.78, 5) is 83.1. The summed E-state index contributed by atoms with van der Waals surface area (Å²) in [6.07, 6.45) is 4.73. The van der Waals surface area contributed by atoms with E-state index in [4.69, 9.17) is 4.74 Å². The molecule has 0 radical (unpaired) electrons. The minimum absolute atomic E-state index is 0.0528. The van der Waals surface area contributed by atoms with Crippen molar-refractivity contribution in [2.24, 2.45) is 0 Å². The number of amides is 5. The Morgan fingerprint density at radius 2 is 1.60 bits per heavy atom. The molecule has 9 rings (SSSR count). The maximum Gasteiger partial charge on any atom is 0.264 e. The number of benzene rings is 4. The topological polar surface area (TPSA) is 198 Å². The molecule has 1 unspecified atom stereocenters. The van der Waals surface area contributed by atoms with Crippen LogP contribution in [0.3, 0.4) is 0 Å². The normalized spacial score (nSPS) is 17.9. The van der Waals surface area contributed by atoms with Crippen molar-refractivity contribution in [1.29, 1.82) is 0 Å². The molecule has 1 atom stereocenters. The second kappa shape index (κ2) is 20.4. The molecular weight excluding hydrogens is 877 g/mol. The summed E-state index contributed by atoms with van der Waals surface area (Å²) in [5.41, 5.74) is 5.06. The number of halogens is 2. The van der Waals surface area contributed by atoms with Gasteiger partial charge in [0.25, 0.3) is 17.7 Å². The lowest BCUT2D eigenvalue weighted by molar-refractivity contribution is -0.136. The number of piperazine rings is 1. The Bertz CT molecular complexity index is 2750. The molecule has 0 bridgehead atoms. The maximum absolute atomic E-state index is 14.0. The van der Waals surface area contributed by atoms with Crippen LogP contribution in [0, 0.1) is 11.6 Å². The van der Waals surface area contributed by atoms with E-state index in [2.05, 4.69) is 41.3 Å². The summed E-state index contributed by atoms with van der Waals surface area (Å²) in [5.74, 6) is -3.29. The van der Waals surface area contributed by atoms with Gasteiger partial charge in [0.05, 0.1) is 28.8 Å². The second-order valence-corrected chi connectivity index (χ2v) is 17.8. The van der Waals surface area contributed by atoms with Gasteiger partial charge in [0.1, 0.15) is 23.5 Å². The van der Waals surface area contributed by atoms with Gasteiger partial charge in [-0.3, -0.25) is 49.0 Å². The number of nitrogens with zero attached hydrogens (tertiary/aromatic N) is 4. The number of anilines is 4. The molecule has 4 aliphatic heterocycles. The minimum atomic E-state index is -1.03. The highest BCUT2D eigenvalue weighted by Crippen LogP contribution is 2.33. The Hall–Kier alpha value is -7.05. The number of hydrogen-bond acceptors (Lipinski definition) is 12. The number of carbonyl (C=O) groups excluding carboxylic acids is 6. The number of unbranched alkanes of at least 4 members (excludes halogenated alkanes) is 2. The van der Waals surface area contributed by atoms with E-state index in [1.54, 1.807) is 18.2 Å². The predicted octanol–water partition coefficient (Wildman–Crippen LogP) is 6.04. The lowest BCUT2D eigenvalue weighted by atomic mass is 10.0. The number of Topliss-reactive ketones (excluding diaryl/α,β-unsaturated/α-hetero) is 1. The van der Waals surface area contributed by atoms with Crippen LogP contribution in [0.5, 0.6) is 0 Å². The van der Waals surface area contributed by atoms with Gasteiger partial charge < -0.3 is 25.6 Å². The number of carbonyl (C=O) groups is 6. The standard InChI is InChI=1S/C50H53F2N9O7/c51-32-24-31(25-33(52)27-32)23-30-8-11-40-39(26-30)46(58-57-40)56-47(64)37-10-9-35(28-42(37)54-34-14-21-68-22-15-34)60-19-17-59(18-20-60)29-36(62)5-2-1-3-16-53-41-7-4-6-38-45(41)50(67)61(49(38)66)43-12-13-44(63)55-48(43)65/h4,6-11,24-28,34,43,53-54H,1-3,5,12-23,29H2,(H,55,63,65)(H2,56,57,58,64). The van der Waals surface area contributed by atoms with Crippen molar-refractivity contribution in [3.05, 3.63) is 112 Å². The molecule has 5 aromatic rings. The maximum atomic E-state index is 14.0. The summed E-state index contributed by atoms with van der Waals surface area (Å²) in [6.45, 7) is 4.95. The van der Waals surface area contributed by atoms with E-state index in [0.29, 0.717) is 111 Å². The number of piperidine rings is 1. The molecule has 4 aliphatic rings. The van der Waals surface area contributed by atoms with Crippen LogP contribution in [-0.2, 0) is 25.5 Å². The van der Waals surface area contributed by atoms with Crippen LogP contribution < -0.4 is 26.2 Å². The first-order valence-corrected chi connectivity index (χ1v) is 23.3. The Kier molecular flexibility index (Phi) is 13.9. The number of H-pyrrole nitrogens is 1. The predicted molar refractivity (Wildman–Crippen MR) is 251 cm³/mol. The third kappa shape index (κ3) is 10.4. The van der Waals surface area contributed by atoms with Crippen LogP contribution >= 0.6 is 0 Å². The SMILES string of the molecule is O=C(CCCCCNc1cccc2c1C(=O)N(C1CCC(=O)NC1=O)C2=O)CN1CCN(c2ccc(C(=O)Nc3n[nH]c4ccc(Cc5cc(F)cc(F)c5)cc34)c(NC3CCOCC3)c2)CC1. The van der Waals surface area contributed by atoms with E-state index in [9.17, 15) is 37.5 Å². The molecule has 68 heavy (non-hydrogen) atoms. The molecule has 5 heterocycles. The van der Waals surface area contributed by atoms with Gasteiger partial charge in [-0.25, -0.2) is 8.78 Å². The van der Waals surface area contributed by atoms with E-state index in [1.807, 2.05) is 36.4 Å². The van der Waals surface area contributed by atoms with E-state index >= 15 is 0 Å². The van der Waals surface area contributed by atoms with Gasteiger partial charge in [-0.15, -0.1) is 0 Å². The molecule has 4 aromatic carbocycles. The molecule has 5 N–H and O–H groups in total. The number of imide groups is 2. The number of ketones is 1. The van der Waals surface area contributed by atoms with Crippen molar-refractivity contribution < 1.29 is 42.3 Å². The summed E-state index contributed by atoms with van der Waals surface area (Å²) < 4.78 is 33.4. The second-order valence-electron chi connectivity index (χ2n) is 17.8. The fraction of sp³-hybridized carbons (Fsp3) is 0.380. The number of ether oxygens (including phenoxy) is 1. The van der Waals surface area contributed by atoms with Gasteiger partial charge in [-0.2, -0.15) is 5.10 Å². The smallest absolute Gasteiger partial charge is 0.264 e. The molecule has 1 aromatic heterocycles. The van der Waals surface area contributed by atoms with Gasteiger partial charge in [0.2, 0.25) is 11.8 Å². The Balaban J connectivity index is 0.753. The highest BCUT2D eigenvalue weighted by Gasteiger charge is 2.45. The quantitative estimate of drug-likeness (QED) is 0.0537. The van der Waals surface area contributed by atoms with Gasteiger partial charge in [-0.05, 0) is 104 Å². The molecule has 0 aliphatic carbocycles. The highest BCUT2D eigenvalue weighted by molar-refractivity contribution is 6.25. The zero-order chi connectivity index (χ0) is 47.3. The van der Waals surface area contributed by atoms with Gasteiger partial charge in [0, 0.05) is 93.3 Å². The summed E-state index contributed by atoms with van der Waals surface area (Å²) >= 11 is 0. The number of hydrogen-bond donors (Lipinski definition) is 5. The molecular formula is C50H53F2N9O7. The average molecular weight is 930 g/mol. The zero-order valence-corrected chi connectivity index (χ0v) is 37.5. The summed E-state index contributed by atoms with van der Waals surface area (Å²) in [7, 11) is 0. The van der Waals surface area contributed by atoms with Crippen molar-refractivity contribution in [2.75, 3.05) is 73.3 Å². The fourth-order valence-corrected chi connectivity index (χ4v) is 9.50. The largest absolute Gasteiger partial charge is 0.384 e. The molecule has 3 fully saturated rings. The third-order valence-electron chi connectivity index (χ3n) is 13.1. The van der Waals surface area contributed by atoms with Gasteiger partial charge in [-0.1, -0.05) is 18.6 Å². The number of rotatable bonds is 17. The van der Waals surface area contributed by atoms with Gasteiger partial charge >= 0.3 is 0 Å². The van der Waals surface area contributed by atoms with Crippen LogP contribution in [0.25, 0.3) is 10.9 Å². The fourth-order valence-electron chi connectivity index (χ4n) is 9.50. The first kappa shape index (κ1) is 46.1. The number of aromatic nitrogens is 2. The average Bonchev–Trinajstić information content (AvgIpc) is 3.83. The van der Waals surface area contributed by atoms with E-state index < -0.39 is 41.3 Å². The van der Waals surface area contributed by atoms with E-state index in [0.717, 1.165) is 47.9 Å². The van der Waals surface area contributed by atoms with Crippen molar-refractivity contribution in [3.63, 3.8) is 0 Å². The highest BCUT2D eigenvalue weighted by atomic mass is 19.1. The number of aromatic amines is 1. The van der Waals surface area contributed by atoms with Crippen LogP contribution in [0.2, 0.25) is 0 Å². The zero-order valence-electron chi connectivity index (χ0n) is 37.5. The lowest BCUT2D eigenvalue weighted by Gasteiger charge is -2.36. The lowest BCUT2D eigenvalue weighted by Crippen LogP contribution is -2.54. The Morgan fingerprint density at radius 1 is 0.809 bits per heavy atom. The molecule has 0 spiro atoms. The first-order valence-electron chi connectivity index (χ1n) is 23.3. The summed E-state index contributed by atoms with van der Waals surface area (Å²) in [6, 6.07) is 18.8. The molecule has 16 nitrogen and oxygen atoms in total. The van der Waals surface area contributed by atoms with Gasteiger partial charge in [0.15, 0.2) is 5.82 Å². The van der Waals surface area contributed by atoms with E-state index in [1.165, 1.54) is 12.1 Å². The van der Waals surface area contributed by atoms with Crippen molar-refractivity contribution >= 4 is 69.1 Å². The summed E-state index contributed by atoms with van der Waals surface area (Å²) in [5, 5.41) is 20.1. The molecule has 5 amide bonds. The Morgan fingerprint density at radius 3 is 2.38 bits per heavy atom. The molecule has 18 heteroatoms. The van der Waals surface area contributed by atoms with Crippen LogP contribution in [-0.4, -0.2) is 120 Å². The van der Waals surface area contributed by atoms with Crippen LogP contribution in [0.1, 0.15) is 93.6 Å². The van der Waals surface area contributed by atoms with Crippen molar-refractivity contribution in [2.45, 2.75) is 69.9 Å². The minimum Gasteiger partial charge on any atom is -0.384 e. The monoisotopic (exact) mass is 929 g/mol. The molecule has 3 saturated heterocycles. The number of fused-ring (bicyclic) bond motifs is 2. The first-order chi connectivity index (χ1) is 33.0. The third-order valence-corrected chi connectivity index (χ3v) is 13.1. The Labute approximate surface area is 391 Å². The molecule has 354 valence electrons. The van der Waals surface area contributed by atoms with Crippen molar-refractivity contribution in [3.8, 4) is 0 Å². The van der Waals surface area contributed by atoms with E-state index in [-0.39, 0.29) is 41.7 Å². The van der Waals surface area contributed by atoms with Crippen LogP contribution in [0.15, 0.2) is 72.8 Å². The number of nitrogens with one attached hydrogen (secondary N) is 5. The molecule has 0 saturated carbocycles.